The summed E-state index contributed by atoms with van der Waals surface area (Å²) in [6.07, 6.45) is 3.42. The van der Waals surface area contributed by atoms with Crippen molar-refractivity contribution in [2.75, 3.05) is 36.1 Å². The van der Waals surface area contributed by atoms with E-state index in [0.29, 0.717) is 34.7 Å². The second kappa shape index (κ2) is 9.10. The van der Waals surface area contributed by atoms with E-state index in [9.17, 15) is 4.79 Å². The van der Waals surface area contributed by atoms with Crippen LogP contribution in [0.4, 0.5) is 17.5 Å². The van der Waals surface area contributed by atoms with Gasteiger partial charge in [0.15, 0.2) is 0 Å². The Morgan fingerprint density at radius 3 is 2.96 bits per heavy atom. The van der Waals surface area contributed by atoms with Crippen molar-refractivity contribution in [1.82, 2.24) is 9.97 Å². The highest BCUT2D eigenvalue weighted by atomic mass is 35.5. The van der Waals surface area contributed by atoms with E-state index < -0.39 is 0 Å². The fourth-order valence-corrected chi connectivity index (χ4v) is 3.74. The molecule has 1 aromatic heterocycles. The molecular weight excluding hydrogens is 378 g/mol. The Labute approximate surface area is 170 Å². The smallest absolute Gasteiger partial charge is 0.224 e. The fourth-order valence-electron chi connectivity index (χ4n) is 3.57. The van der Waals surface area contributed by atoms with E-state index in [1.54, 1.807) is 25.3 Å². The first-order chi connectivity index (χ1) is 13.4. The van der Waals surface area contributed by atoms with Crippen molar-refractivity contribution >= 4 is 35.0 Å². The summed E-state index contributed by atoms with van der Waals surface area (Å²) in [6.45, 7) is 3.72. The Kier molecular flexibility index (Phi) is 6.57. The summed E-state index contributed by atoms with van der Waals surface area (Å²) in [7, 11) is 1.57. The third-order valence-corrected chi connectivity index (χ3v) is 5.15. The van der Waals surface area contributed by atoms with Crippen LogP contribution in [0.15, 0.2) is 24.3 Å². The molecule has 8 heteroatoms. The molecule has 150 valence electrons. The SMILES string of the molecule is COc1ccc(Cl)cc1NC(=O)CC[C@@H]1CCCN(c2cc(C)nc(N)n2)C1. The minimum Gasteiger partial charge on any atom is -0.495 e. The van der Waals surface area contributed by atoms with E-state index in [0.717, 1.165) is 43.9 Å². The number of hydrogen-bond acceptors (Lipinski definition) is 6. The van der Waals surface area contributed by atoms with Crippen molar-refractivity contribution in [3.63, 3.8) is 0 Å². The second-order valence-corrected chi connectivity index (χ2v) is 7.55. The van der Waals surface area contributed by atoms with E-state index in [1.165, 1.54) is 0 Å². The summed E-state index contributed by atoms with van der Waals surface area (Å²) >= 11 is 6.02. The van der Waals surface area contributed by atoms with Gasteiger partial charge in [-0.2, -0.15) is 4.98 Å². The summed E-state index contributed by atoms with van der Waals surface area (Å²) in [4.78, 5) is 23.1. The molecule has 28 heavy (non-hydrogen) atoms. The van der Waals surface area contributed by atoms with Crippen molar-refractivity contribution < 1.29 is 9.53 Å². The van der Waals surface area contributed by atoms with Gasteiger partial charge in [-0.1, -0.05) is 11.6 Å². The van der Waals surface area contributed by atoms with Crippen molar-refractivity contribution in [2.45, 2.75) is 32.6 Å². The van der Waals surface area contributed by atoms with Crippen LogP contribution in [0.25, 0.3) is 0 Å². The van der Waals surface area contributed by atoms with Gasteiger partial charge >= 0.3 is 0 Å². The number of piperidine rings is 1. The van der Waals surface area contributed by atoms with E-state index in [2.05, 4.69) is 20.2 Å². The molecule has 2 aromatic rings. The number of nitrogens with one attached hydrogen (secondary N) is 1. The van der Waals surface area contributed by atoms with Crippen LogP contribution in [0.5, 0.6) is 5.75 Å². The lowest BCUT2D eigenvalue weighted by Crippen LogP contribution is -2.36. The van der Waals surface area contributed by atoms with Gasteiger partial charge in [0.05, 0.1) is 12.8 Å². The van der Waals surface area contributed by atoms with Crippen molar-refractivity contribution in [3.05, 3.63) is 35.0 Å². The van der Waals surface area contributed by atoms with E-state index in [-0.39, 0.29) is 5.91 Å². The van der Waals surface area contributed by atoms with Crippen molar-refractivity contribution in [2.24, 2.45) is 5.92 Å². The molecule has 3 N–H and O–H groups in total. The third-order valence-electron chi connectivity index (χ3n) is 4.92. The fraction of sp³-hybridized carbons (Fsp3) is 0.450. The Bertz CT molecular complexity index is 825. The second-order valence-electron chi connectivity index (χ2n) is 7.11. The Morgan fingerprint density at radius 1 is 1.39 bits per heavy atom. The predicted molar refractivity (Wildman–Crippen MR) is 112 cm³/mol. The number of ether oxygens (including phenoxy) is 1. The number of nitrogen functional groups attached to an aromatic ring is 1. The largest absolute Gasteiger partial charge is 0.495 e. The number of methoxy groups -OCH3 is 1. The minimum absolute atomic E-state index is 0.0418. The molecule has 0 unspecified atom stereocenters. The molecule has 0 aliphatic carbocycles. The normalized spacial score (nSPS) is 16.7. The van der Waals surface area contributed by atoms with Crippen LogP contribution >= 0.6 is 11.6 Å². The molecule has 1 fully saturated rings. The zero-order chi connectivity index (χ0) is 20.1. The van der Waals surface area contributed by atoms with Gasteiger partial charge in [-0.3, -0.25) is 4.79 Å². The molecule has 3 rings (SSSR count). The number of rotatable bonds is 6. The number of nitrogens with zero attached hydrogens (tertiary/aromatic N) is 3. The lowest BCUT2D eigenvalue weighted by atomic mass is 9.93. The van der Waals surface area contributed by atoms with E-state index >= 15 is 0 Å². The summed E-state index contributed by atoms with van der Waals surface area (Å²) in [5, 5.41) is 3.45. The van der Waals surface area contributed by atoms with E-state index in [1.807, 2.05) is 13.0 Å². The maximum absolute atomic E-state index is 12.4. The van der Waals surface area contributed by atoms with Crippen LogP contribution < -0.4 is 20.7 Å². The highest BCUT2D eigenvalue weighted by molar-refractivity contribution is 6.31. The van der Waals surface area contributed by atoms with Crippen LogP contribution in [-0.4, -0.2) is 36.1 Å². The molecule has 1 amide bonds. The van der Waals surface area contributed by atoms with Gasteiger partial charge in [0.1, 0.15) is 11.6 Å². The standard InChI is InChI=1S/C20H26ClN5O2/c1-13-10-18(25-20(22)23-13)26-9-3-4-14(12-26)5-8-19(27)24-16-11-15(21)6-7-17(16)28-2/h6-7,10-11,14H,3-5,8-9,12H2,1-2H3,(H,24,27)(H2,22,23,25)/t14-/m0/s1. The molecule has 1 aliphatic heterocycles. The molecular formula is C20H26ClN5O2. The van der Waals surface area contributed by atoms with E-state index in [4.69, 9.17) is 22.1 Å². The quantitative estimate of drug-likeness (QED) is 0.764. The number of carbonyl (C=O) groups excluding carboxylic acids is 1. The van der Waals surface area contributed by atoms with Crippen LogP contribution in [0.1, 0.15) is 31.4 Å². The Morgan fingerprint density at radius 2 is 2.21 bits per heavy atom. The van der Waals surface area contributed by atoms with Crippen LogP contribution in [0, 0.1) is 12.8 Å². The number of amides is 1. The van der Waals surface area contributed by atoms with Crippen LogP contribution in [0.3, 0.4) is 0 Å². The monoisotopic (exact) mass is 403 g/mol. The van der Waals surface area contributed by atoms with Crippen molar-refractivity contribution in [1.29, 1.82) is 0 Å². The predicted octanol–water partition coefficient (Wildman–Crippen LogP) is 3.66. The average Bonchev–Trinajstić information content (AvgIpc) is 2.66. The number of hydrogen-bond donors (Lipinski definition) is 2. The zero-order valence-electron chi connectivity index (χ0n) is 16.2. The molecule has 1 atom stereocenters. The third kappa shape index (κ3) is 5.25. The maximum atomic E-state index is 12.4. The summed E-state index contributed by atoms with van der Waals surface area (Å²) in [5.74, 6) is 2.14. The number of anilines is 3. The lowest BCUT2D eigenvalue weighted by Gasteiger charge is -2.33. The first-order valence-corrected chi connectivity index (χ1v) is 9.82. The highest BCUT2D eigenvalue weighted by Gasteiger charge is 2.22. The highest BCUT2D eigenvalue weighted by Crippen LogP contribution is 2.29. The van der Waals surface area contributed by atoms with Gasteiger partial charge in [-0.25, -0.2) is 4.98 Å². The lowest BCUT2D eigenvalue weighted by molar-refractivity contribution is -0.116. The van der Waals surface area contributed by atoms with Gasteiger partial charge in [-0.05, 0) is 50.3 Å². The zero-order valence-corrected chi connectivity index (χ0v) is 17.0. The van der Waals surface area contributed by atoms with Gasteiger partial charge in [0.2, 0.25) is 11.9 Å². The van der Waals surface area contributed by atoms with Gasteiger partial charge in [0.25, 0.3) is 0 Å². The minimum atomic E-state index is -0.0418. The number of nitrogens with two attached hydrogens (primary N) is 1. The first-order valence-electron chi connectivity index (χ1n) is 9.44. The van der Waals surface area contributed by atoms with Crippen molar-refractivity contribution in [3.8, 4) is 5.75 Å². The molecule has 0 radical (unpaired) electrons. The average molecular weight is 404 g/mol. The van der Waals surface area contributed by atoms with Crippen LogP contribution in [0.2, 0.25) is 5.02 Å². The number of aryl methyl sites for hydroxylation is 1. The molecule has 0 saturated carbocycles. The number of benzene rings is 1. The maximum Gasteiger partial charge on any atom is 0.224 e. The summed E-state index contributed by atoms with van der Waals surface area (Å²) in [5.41, 5.74) is 7.24. The number of aromatic nitrogens is 2. The van der Waals surface area contributed by atoms with Crippen LogP contribution in [-0.2, 0) is 4.79 Å². The molecule has 1 saturated heterocycles. The molecule has 1 aliphatic rings. The Hall–Kier alpha value is -2.54. The number of carbonyl (C=O) groups is 1. The molecule has 7 nitrogen and oxygen atoms in total. The van der Waals surface area contributed by atoms with Gasteiger partial charge < -0.3 is 20.7 Å². The molecule has 2 heterocycles. The molecule has 0 bridgehead atoms. The summed E-state index contributed by atoms with van der Waals surface area (Å²) in [6, 6.07) is 7.12. The summed E-state index contributed by atoms with van der Waals surface area (Å²) < 4.78 is 5.28. The van der Waals surface area contributed by atoms with Gasteiger partial charge in [-0.15, -0.1) is 0 Å². The molecule has 0 spiro atoms. The first kappa shape index (κ1) is 20.2. The van der Waals surface area contributed by atoms with Gasteiger partial charge in [0, 0.05) is 36.3 Å². The number of halogens is 1. The molecule has 1 aromatic carbocycles. The topological polar surface area (TPSA) is 93.4 Å². The Balaban J connectivity index is 1.55.